The summed E-state index contributed by atoms with van der Waals surface area (Å²) in [5.41, 5.74) is 0.423. The Labute approximate surface area is 164 Å². The second-order valence-electron chi connectivity index (χ2n) is 6.73. The van der Waals surface area contributed by atoms with Gasteiger partial charge in [0, 0.05) is 18.0 Å². The first-order valence-electron chi connectivity index (χ1n) is 8.93. The number of methoxy groups -OCH3 is 1. The number of aromatic nitrogens is 1. The molecule has 0 saturated heterocycles. The fourth-order valence-electron chi connectivity index (χ4n) is 2.52. The molecule has 9 heteroatoms. The summed E-state index contributed by atoms with van der Waals surface area (Å²) < 4.78 is 11.9. The van der Waals surface area contributed by atoms with Crippen LogP contribution in [0.25, 0.3) is 10.9 Å². The number of carboxylic acid groups (broad SMARTS) is 1. The second kappa shape index (κ2) is 10.3. The van der Waals surface area contributed by atoms with Crippen LogP contribution in [0.15, 0.2) is 24.4 Å². The van der Waals surface area contributed by atoms with Crippen LogP contribution in [0.2, 0.25) is 0 Å². The quantitative estimate of drug-likeness (QED) is 0.369. The number of carboxylic acids is 1. The second-order valence-corrected chi connectivity index (χ2v) is 6.73. The van der Waals surface area contributed by atoms with Crippen molar-refractivity contribution in [2.24, 2.45) is 0 Å². The van der Waals surface area contributed by atoms with Crippen LogP contribution in [0, 0.1) is 0 Å². The number of hydrogen-bond acceptors (Lipinski definition) is 5. The van der Waals surface area contributed by atoms with E-state index in [1.807, 2.05) is 13.8 Å². The van der Waals surface area contributed by atoms with Gasteiger partial charge in [-0.05, 0) is 44.5 Å². The van der Waals surface area contributed by atoms with Gasteiger partial charge in [-0.3, -0.25) is 9.36 Å². The Morgan fingerprint density at radius 2 is 1.90 bits per heavy atom. The smallest absolute Gasteiger partial charge is 0.419 e. The minimum Gasteiger partial charge on any atom is -0.520 e. The van der Waals surface area contributed by atoms with Gasteiger partial charge in [-0.1, -0.05) is 13.8 Å². The van der Waals surface area contributed by atoms with E-state index in [1.54, 1.807) is 39.0 Å². The predicted octanol–water partition coefficient (Wildman–Crippen LogP) is 3.11. The van der Waals surface area contributed by atoms with E-state index in [2.05, 4.69) is 5.32 Å². The molecule has 0 saturated carbocycles. The molecule has 1 aromatic carbocycles. The summed E-state index contributed by atoms with van der Waals surface area (Å²) in [6, 6.07) is 3.92. The third-order valence-corrected chi connectivity index (χ3v) is 3.64. The molecule has 0 spiro atoms. The van der Waals surface area contributed by atoms with E-state index in [1.165, 1.54) is 24.3 Å². The molecule has 166 valence electrons. The third-order valence-electron chi connectivity index (χ3n) is 3.64. The molecule has 1 amide bonds. The van der Waals surface area contributed by atoms with Gasteiger partial charge in [0.15, 0.2) is 0 Å². The number of carbonyl (C=O) groups excluding carboxylic acids is 2. The van der Waals surface area contributed by atoms with Crippen LogP contribution in [0.5, 0.6) is 5.75 Å². The summed E-state index contributed by atoms with van der Waals surface area (Å²) in [6.07, 6.45) is 2.30. The third kappa shape index (κ3) is 6.27. The van der Waals surface area contributed by atoms with Crippen molar-refractivity contribution in [1.82, 2.24) is 9.88 Å². The number of nitrogens with one attached hydrogen (secondary N) is 1. The number of carbonyl (C=O) groups is 2. The number of nitrogens with zero attached hydrogens (tertiary/aromatic N) is 1. The number of ether oxygens (including phenoxy) is 2. The van der Waals surface area contributed by atoms with Crippen molar-refractivity contribution in [3.8, 4) is 5.75 Å². The van der Waals surface area contributed by atoms with Crippen LogP contribution in [0.3, 0.4) is 0 Å². The van der Waals surface area contributed by atoms with Crippen molar-refractivity contribution in [3.63, 3.8) is 0 Å². The van der Waals surface area contributed by atoms with Crippen LogP contribution in [-0.4, -0.2) is 46.9 Å². The molecule has 0 aliphatic carbocycles. The van der Waals surface area contributed by atoms with Crippen molar-refractivity contribution < 1.29 is 29.0 Å². The largest absolute Gasteiger partial charge is 0.520 e. The van der Waals surface area contributed by atoms with Crippen LogP contribution in [-0.2, 0) is 20.7 Å². The van der Waals surface area contributed by atoms with Gasteiger partial charge < -0.3 is 24.7 Å². The van der Waals surface area contributed by atoms with E-state index in [-0.39, 0.29) is 6.42 Å². The molecule has 1 heterocycles. The molecule has 2 rings (SSSR count). The number of rotatable bonds is 6. The zero-order valence-electron chi connectivity index (χ0n) is 17.3. The van der Waals surface area contributed by atoms with Crippen molar-refractivity contribution in [2.45, 2.75) is 52.7 Å². The number of benzene rings is 1. The van der Waals surface area contributed by atoms with Crippen molar-refractivity contribution >= 4 is 29.4 Å². The van der Waals surface area contributed by atoms with Crippen LogP contribution >= 0.6 is 0 Å². The molecular formula is C20H27FmN2O6-. The topological polar surface area (TPSA) is 107 Å². The summed E-state index contributed by atoms with van der Waals surface area (Å²) in [5, 5.41) is 12.0. The summed E-state index contributed by atoms with van der Waals surface area (Å²) in [6.45, 7) is 9.26. The number of amides is 1. The van der Waals surface area contributed by atoms with Crippen LogP contribution < -0.4 is 10.1 Å². The first-order chi connectivity index (χ1) is 13.2. The molecule has 0 fully saturated rings. The average Bonchev–Trinajstić information content (AvgIpc) is 2.99. The summed E-state index contributed by atoms with van der Waals surface area (Å²) in [4.78, 5) is 34.4. The van der Waals surface area contributed by atoms with Crippen LogP contribution in [0.1, 0.15) is 40.2 Å². The molecule has 29 heavy (non-hydrogen) atoms. The zero-order valence-corrected chi connectivity index (χ0v) is 19.7. The molecule has 1 aromatic heterocycles. The maximum absolute atomic E-state index is 12.5. The fraction of sp³-hybridized carbons (Fsp3) is 0.450. The molecule has 1 unspecified atom stereocenters. The van der Waals surface area contributed by atoms with E-state index in [0.717, 1.165) is 0 Å². The van der Waals surface area contributed by atoms with E-state index in [0.29, 0.717) is 22.2 Å². The van der Waals surface area contributed by atoms with Gasteiger partial charge in [-0.25, -0.2) is 4.79 Å². The first kappa shape index (κ1) is 25.0. The fourth-order valence-corrected chi connectivity index (χ4v) is 2.52. The van der Waals surface area contributed by atoms with E-state index < -0.39 is 23.7 Å². The Hall–Kier alpha value is -4.03. The molecule has 2 aromatic rings. The Kier molecular flexibility index (Phi) is 8.90. The minimum absolute atomic E-state index is 0. The average molecular weight is 648 g/mol. The maximum Gasteiger partial charge on any atom is 0.419 e. The number of hydrogen-bond donors (Lipinski definition) is 2. The van der Waals surface area contributed by atoms with Crippen molar-refractivity contribution in [1.29, 1.82) is 0 Å². The number of fused-ring (bicyclic) bond motifs is 1. The summed E-state index contributed by atoms with van der Waals surface area (Å²) in [7, 11) is 1.51. The molecule has 0 bridgehead atoms. The van der Waals surface area contributed by atoms with E-state index in [4.69, 9.17) is 9.47 Å². The molecule has 2 N–H and O–H groups in total. The molecular weight excluding hydrogens is 621 g/mol. The van der Waals surface area contributed by atoms with Crippen molar-refractivity contribution in [2.75, 3.05) is 7.11 Å². The van der Waals surface area contributed by atoms with Gasteiger partial charge in [0.25, 0.3) is 0 Å². The molecule has 0 aliphatic heterocycles. The van der Waals surface area contributed by atoms with Crippen LogP contribution in [0.4, 0.5) is 4.79 Å². The van der Waals surface area contributed by atoms with Gasteiger partial charge in [0.05, 0.1) is 12.6 Å². The summed E-state index contributed by atoms with van der Waals surface area (Å²) in [5.74, 6) is -0.642. The Bertz CT molecular complexity index is 841. The maximum atomic E-state index is 12.5. The Morgan fingerprint density at radius 3 is 2.38 bits per heavy atom. The van der Waals surface area contributed by atoms with Gasteiger partial charge >= 0.3 is 12.1 Å². The van der Waals surface area contributed by atoms with E-state index in [9.17, 15) is 19.5 Å². The molecule has 1 atom stereocenters. The molecule has 0 aliphatic rings. The predicted molar refractivity (Wildman–Crippen MR) is 105 cm³/mol. The van der Waals surface area contributed by atoms with Gasteiger partial charge in [-0.15, -0.1) is 0 Å². The standard InChI is InChI=1S/C18H21N2O6.C2H6.Fm/c1-18(2,3)26-17(24)20-9-11(7-14(16(22)23)19-10-21)13-8-12(25-4)5-6-15(13)20;1-2;/h5-6,8-9,14H,7H2,1-4H3,(H,19,21)(H,22,23);1-2H3;/q-1;;. The molecule has 8 nitrogen and oxygen atoms in total. The Balaban J connectivity index is 0.00000253. The first-order valence-corrected chi connectivity index (χ1v) is 8.93. The minimum atomic E-state index is -1.20. The normalized spacial score (nSPS) is 11.4. The Morgan fingerprint density at radius 1 is 1.28 bits per heavy atom. The van der Waals surface area contributed by atoms with Gasteiger partial charge in [0.1, 0.15) is 17.4 Å². The zero-order chi connectivity index (χ0) is 21.5. The van der Waals surface area contributed by atoms with Gasteiger partial charge in [-0.2, -0.15) is 6.41 Å². The van der Waals surface area contributed by atoms with E-state index >= 15 is 0 Å². The number of aliphatic carboxylic acids is 1. The van der Waals surface area contributed by atoms with Crippen molar-refractivity contribution in [3.05, 3.63) is 30.0 Å². The summed E-state index contributed by atoms with van der Waals surface area (Å²) >= 11 is 0. The monoisotopic (exact) mass is 648 g/mol. The van der Waals surface area contributed by atoms with Gasteiger partial charge in [0.2, 0.25) is 0 Å². The SMILES string of the molecule is CC.COc1ccc2c(c1)c(CC(N[C-]=O)C(=O)O)cn2C(=O)OC(C)(C)C.[Fm]. The molecule has 0 radical (unpaired) electrons.